The third kappa shape index (κ3) is 4.91. The number of hydrogen-bond donors (Lipinski definition) is 2. The molecule has 2 atom stereocenters. The van der Waals surface area contributed by atoms with Crippen LogP contribution in [0, 0.1) is 0 Å². The summed E-state index contributed by atoms with van der Waals surface area (Å²) in [7, 11) is -3.20. The van der Waals surface area contributed by atoms with Gasteiger partial charge in [-0.1, -0.05) is 30.2 Å². The first-order chi connectivity index (χ1) is 14.4. The first-order valence-corrected chi connectivity index (χ1v) is 12.4. The minimum absolute atomic E-state index is 0.00645. The second-order valence-electron chi connectivity index (χ2n) is 7.90. The lowest BCUT2D eigenvalue weighted by molar-refractivity contribution is 0.508. The molecule has 0 bridgehead atoms. The third-order valence-electron chi connectivity index (χ3n) is 5.64. The molecule has 158 valence electrons. The lowest BCUT2D eigenvalue weighted by Crippen LogP contribution is -2.33. The Labute approximate surface area is 182 Å². The molecule has 2 aromatic heterocycles. The zero-order valence-corrected chi connectivity index (χ0v) is 18.4. The molecule has 1 fully saturated rings. The highest BCUT2D eigenvalue weighted by Crippen LogP contribution is 2.41. The van der Waals surface area contributed by atoms with E-state index in [0.717, 1.165) is 60.2 Å². The minimum atomic E-state index is -3.20. The Balaban J connectivity index is 1.69. The van der Waals surface area contributed by atoms with Crippen molar-refractivity contribution in [3.8, 4) is 22.4 Å². The van der Waals surface area contributed by atoms with Crippen LogP contribution in [0.1, 0.15) is 43.7 Å². The fraction of sp³-hybridized carbons (Fsp3) is 0.364. The Morgan fingerprint density at radius 2 is 1.73 bits per heavy atom. The molecule has 8 heteroatoms. The summed E-state index contributed by atoms with van der Waals surface area (Å²) in [4.78, 5) is 4.16. The van der Waals surface area contributed by atoms with Gasteiger partial charge in [-0.15, -0.1) is 0 Å². The summed E-state index contributed by atoms with van der Waals surface area (Å²) in [6, 6.07) is 11.7. The van der Waals surface area contributed by atoms with E-state index in [9.17, 15) is 8.42 Å². The van der Waals surface area contributed by atoms with E-state index in [1.54, 1.807) is 12.4 Å². The molecule has 3 aromatic rings. The van der Waals surface area contributed by atoms with Gasteiger partial charge in [0.1, 0.15) is 5.69 Å². The van der Waals surface area contributed by atoms with Crippen molar-refractivity contribution in [2.24, 2.45) is 0 Å². The van der Waals surface area contributed by atoms with Crippen LogP contribution in [-0.4, -0.2) is 35.9 Å². The molecule has 0 spiro atoms. The van der Waals surface area contributed by atoms with Crippen molar-refractivity contribution in [2.45, 2.75) is 44.1 Å². The van der Waals surface area contributed by atoms with E-state index >= 15 is 0 Å². The van der Waals surface area contributed by atoms with Gasteiger partial charge in [-0.2, -0.15) is 5.10 Å². The molecule has 0 aliphatic heterocycles. The summed E-state index contributed by atoms with van der Waals surface area (Å²) >= 11 is 6.08. The number of halogens is 1. The van der Waals surface area contributed by atoms with E-state index in [2.05, 4.69) is 19.9 Å². The van der Waals surface area contributed by atoms with E-state index in [1.165, 1.54) is 6.26 Å². The zero-order chi connectivity index (χ0) is 21.1. The van der Waals surface area contributed by atoms with Crippen molar-refractivity contribution in [1.29, 1.82) is 0 Å². The van der Waals surface area contributed by atoms with Crippen LogP contribution >= 0.6 is 11.6 Å². The van der Waals surface area contributed by atoms with Crippen LogP contribution in [0.4, 0.5) is 0 Å². The lowest BCUT2D eigenvalue weighted by Gasteiger charge is -2.16. The average Bonchev–Trinajstić information content (AvgIpc) is 3.03. The largest absolute Gasteiger partial charge is 0.281 e. The van der Waals surface area contributed by atoms with Crippen LogP contribution in [-0.2, 0) is 10.0 Å². The Hall–Kier alpha value is -2.22. The summed E-state index contributed by atoms with van der Waals surface area (Å²) in [5.74, 6) is 0.285. The molecule has 2 unspecified atom stereocenters. The first kappa shape index (κ1) is 21.0. The third-order valence-corrected chi connectivity index (χ3v) is 6.65. The summed E-state index contributed by atoms with van der Waals surface area (Å²) in [6.07, 6.45) is 9.31. The van der Waals surface area contributed by atoms with E-state index < -0.39 is 10.0 Å². The van der Waals surface area contributed by atoms with Gasteiger partial charge < -0.3 is 0 Å². The Morgan fingerprint density at radius 1 is 1.00 bits per heavy atom. The summed E-state index contributed by atoms with van der Waals surface area (Å²) in [6.45, 7) is 0. The molecule has 6 nitrogen and oxygen atoms in total. The minimum Gasteiger partial charge on any atom is -0.281 e. The van der Waals surface area contributed by atoms with Crippen LogP contribution in [0.15, 0.2) is 48.8 Å². The topological polar surface area (TPSA) is 87.7 Å². The number of H-pyrrole nitrogens is 1. The SMILES string of the molecule is CS(=O)(=O)NC1CCCC(c2[nH]nc(-c3ccc(Cl)cc3)c2-c2ccncc2)CC1. The second-order valence-corrected chi connectivity index (χ2v) is 10.1. The Bertz CT molecular complexity index is 1100. The van der Waals surface area contributed by atoms with E-state index in [0.29, 0.717) is 5.02 Å². The summed E-state index contributed by atoms with van der Waals surface area (Å²) < 4.78 is 26.1. The van der Waals surface area contributed by atoms with Gasteiger partial charge in [0, 0.05) is 46.2 Å². The molecule has 1 aliphatic carbocycles. The fourth-order valence-electron chi connectivity index (χ4n) is 4.29. The van der Waals surface area contributed by atoms with Crippen molar-refractivity contribution >= 4 is 21.6 Å². The van der Waals surface area contributed by atoms with Crippen LogP contribution in [0.5, 0.6) is 0 Å². The van der Waals surface area contributed by atoms with Gasteiger partial charge >= 0.3 is 0 Å². The number of rotatable bonds is 5. The molecule has 30 heavy (non-hydrogen) atoms. The maximum Gasteiger partial charge on any atom is 0.208 e. The maximum absolute atomic E-state index is 11.6. The molecule has 0 saturated heterocycles. The number of aromatic nitrogens is 3. The smallest absolute Gasteiger partial charge is 0.208 e. The maximum atomic E-state index is 11.6. The van der Waals surface area contributed by atoms with Gasteiger partial charge in [-0.05, 0) is 55.5 Å². The van der Waals surface area contributed by atoms with Crippen molar-refractivity contribution in [3.63, 3.8) is 0 Å². The highest BCUT2D eigenvalue weighted by molar-refractivity contribution is 7.88. The molecule has 1 aliphatic rings. The van der Waals surface area contributed by atoms with E-state index in [4.69, 9.17) is 11.6 Å². The first-order valence-electron chi connectivity index (χ1n) is 10.1. The molecule has 2 heterocycles. The van der Waals surface area contributed by atoms with Gasteiger partial charge in [0.2, 0.25) is 10.0 Å². The average molecular weight is 445 g/mol. The van der Waals surface area contributed by atoms with Gasteiger partial charge in [-0.3, -0.25) is 10.1 Å². The van der Waals surface area contributed by atoms with Gasteiger partial charge in [0.25, 0.3) is 0 Å². The van der Waals surface area contributed by atoms with Gasteiger partial charge in [0.05, 0.1) is 6.26 Å². The standard InChI is InChI=1S/C22H25ClN4O2S/c1-30(28,29)27-19-4-2-3-16(7-10-19)21-20(15-11-13-24-14-12-15)22(26-25-21)17-5-8-18(23)9-6-17/h5-6,8-9,11-14,16,19,27H,2-4,7,10H2,1H3,(H,25,26). The van der Waals surface area contributed by atoms with Crippen molar-refractivity contribution in [2.75, 3.05) is 6.26 Å². The molecular formula is C22H25ClN4O2S. The highest BCUT2D eigenvalue weighted by Gasteiger charge is 2.27. The molecular weight excluding hydrogens is 420 g/mol. The number of sulfonamides is 1. The predicted molar refractivity (Wildman–Crippen MR) is 120 cm³/mol. The summed E-state index contributed by atoms with van der Waals surface area (Å²) in [5.41, 5.74) is 5.14. The van der Waals surface area contributed by atoms with Gasteiger partial charge in [-0.25, -0.2) is 13.1 Å². The van der Waals surface area contributed by atoms with Gasteiger partial charge in [0.15, 0.2) is 0 Å². The number of hydrogen-bond acceptors (Lipinski definition) is 4. The molecule has 0 radical (unpaired) electrons. The van der Waals surface area contributed by atoms with Crippen molar-refractivity contribution < 1.29 is 8.42 Å². The monoisotopic (exact) mass is 444 g/mol. The van der Waals surface area contributed by atoms with Crippen LogP contribution < -0.4 is 4.72 Å². The zero-order valence-electron chi connectivity index (χ0n) is 16.8. The number of benzene rings is 1. The number of aromatic amines is 1. The van der Waals surface area contributed by atoms with Crippen molar-refractivity contribution in [1.82, 2.24) is 19.9 Å². The second kappa shape index (κ2) is 8.88. The predicted octanol–water partition coefficient (Wildman–Crippen LogP) is 4.76. The molecule has 1 aromatic carbocycles. The van der Waals surface area contributed by atoms with Crippen molar-refractivity contribution in [3.05, 3.63) is 59.5 Å². The van der Waals surface area contributed by atoms with Crippen LogP contribution in [0.25, 0.3) is 22.4 Å². The quantitative estimate of drug-likeness (QED) is 0.555. The van der Waals surface area contributed by atoms with Crippen LogP contribution in [0.2, 0.25) is 5.02 Å². The Morgan fingerprint density at radius 3 is 2.43 bits per heavy atom. The number of pyridine rings is 1. The highest BCUT2D eigenvalue weighted by atomic mass is 35.5. The van der Waals surface area contributed by atoms with E-state index in [1.807, 2.05) is 36.4 Å². The molecule has 1 saturated carbocycles. The molecule has 0 amide bonds. The molecule has 2 N–H and O–H groups in total. The van der Waals surface area contributed by atoms with E-state index in [-0.39, 0.29) is 12.0 Å². The summed E-state index contributed by atoms with van der Waals surface area (Å²) in [5, 5.41) is 8.67. The Kier molecular flexibility index (Phi) is 6.22. The number of nitrogens with zero attached hydrogens (tertiary/aromatic N) is 2. The number of nitrogens with one attached hydrogen (secondary N) is 2. The lowest BCUT2D eigenvalue weighted by atomic mass is 9.89. The normalized spacial score (nSPS) is 20.1. The fourth-order valence-corrected chi connectivity index (χ4v) is 5.26. The molecule has 4 rings (SSSR count). The van der Waals surface area contributed by atoms with Crippen LogP contribution in [0.3, 0.4) is 0 Å².